The molecule has 4 unspecified atom stereocenters. The highest BCUT2D eigenvalue weighted by Crippen LogP contribution is 2.69. The van der Waals surface area contributed by atoms with Gasteiger partial charge < -0.3 is 10.2 Å². The van der Waals surface area contributed by atoms with Crippen molar-refractivity contribution in [3.05, 3.63) is 0 Å². The second kappa shape index (κ2) is 4.49. The molecular formula is C19H32N2O. The van der Waals surface area contributed by atoms with E-state index in [9.17, 15) is 4.79 Å². The normalized spacial score (nSPS) is 53.8. The Bertz CT molecular complexity index is 474. The average Bonchev–Trinajstić information content (AvgIpc) is 2.32. The number of amides is 1. The van der Waals surface area contributed by atoms with Crippen molar-refractivity contribution in [1.29, 1.82) is 0 Å². The Hall–Kier alpha value is -0.570. The lowest BCUT2D eigenvalue weighted by Crippen LogP contribution is -2.64. The molecule has 0 aromatic carbocycles. The number of hydrogen-bond donors (Lipinski definition) is 1. The second-order valence-electron chi connectivity index (χ2n) is 10.1. The van der Waals surface area contributed by atoms with E-state index in [0.29, 0.717) is 28.8 Å². The highest BCUT2D eigenvalue weighted by Gasteiger charge is 2.63. The van der Waals surface area contributed by atoms with Gasteiger partial charge in [0.1, 0.15) is 0 Å². The number of nitrogens with one attached hydrogen (secondary N) is 1. The van der Waals surface area contributed by atoms with Crippen molar-refractivity contribution in [2.24, 2.45) is 22.2 Å². The molecule has 0 radical (unpaired) electrons. The summed E-state index contributed by atoms with van der Waals surface area (Å²) < 4.78 is 0. The standard InChI is InChI=1S/C19H32N2O/c1-13-8-21(9-14(2)20-13)16(22)19-7-15-5-17(3,11-19)10-18(4,6-15)12-19/h13-15,20H,5-12H2,1-4H3. The van der Waals surface area contributed by atoms with Gasteiger partial charge in [-0.05, 0) is 69.1 Å². The van der Waals surface area contributed by atoms with Crippen molar-refractivity contribution in [3.8, 4) is 0 Å². The highest BCUT2D eigenvalue weighted by atomic mass is 16.2. The zero-order chi connectivity index (χ0) is 15.8. The summed E-state index contributed by atoms with van der Waals surface area (Å²) in [5.41, 5.74) is 0.823. The summed E-state index contributed by atoms with van der Waals surface area (Å²) in [6.45, 7) is 11.1. The zero-order valence-electron chi connectivity index (χ0n) is 14.7. The zero-order valence-corrected chi connectivity index (χ0v) is 14.7. The van der Waals surface area contributed by atoms with Gasteiger partial charge in [0.05, 0.1) is 5.41 Å². The number of carbonyl (C=O) groups excluding carboxylic acids is 1. The van der Waals surface area contributed by atoms with Gasteiger partial charge in [0.2, 0.25) is 5.91 Å². The molecule has 1 saturated heterocycles. The monoisotopic (exact) mass is 304 g/mol. The van der Waals surface area contributed by atoms with Gasteiger partial charge in [-0.1, -0.05) is 13.8 Å². The lowest BCUT2D eigenvalue weighted by atomic mass is 9.40. The SMILES string of the molecule is CC1CN(C(=O)C23CC4CC(C)(CC(C)(C4)C2)C3)CC(C)N1. The molecule has 1 N–H and O–H groups in total. The lowest BCUT2D eigenvalue weighted by molar-refractivity contribution is -0.180. The molecule has 124 valence electrons. The van der Waals surface area contributed by atoms with Gasteiger partial charge in [-0.15, -0.1) is 0 Å². The number of hydrogen-bond acceptors (Lipinski definition) is 2. The van der Waals surface area contributed by atoms with Crippen LogP contribution in [0.3, 0.4) is 0 Å². The van der Waals surface area contributed by atoms with Crippen LogP contribution in [0.5, 0.6) is 0 Å². The molecule has 4 atom stereocenters. The van der Waals surface area contributed by atoms with Crippen molar-refractivity contribution in [2.45, 2.75) is 78.3 Å². The molecule has 0 spiro atoms. The van der Waals surface area contributed by atoms with Crippen LogP contribution in [0.15, 0.2) is 0 Å². The second-order valence-corrected chi connectivity index (χ2v) is 10.1. The number of piperazine rings is 1. The molecule has 0 aromatic heterocycles. The number of rotatable bonds is 1. The van der Waals surface area contributed by atoms with Crippen LogP contribution in [0, 0.1) is 22.2 Å². The summed E-state index contributed by atoms with van der Waals surface area (Å²) in [6, 6.07) is 0.848. The van der Waals surface area contributed by atoms with Crippen LogP contribution < -0.4 is 5.32 Å². The molecular weight excluding hydrogens is 272 g/mol. The quantitative estimate of drug-likeness (QED) is 0.807. The van der Waals surface area contributed by atoms with Gasteiger partial charge in [0.25, 0.3) is 0 Å². The molecule has 1 aliphatic heterocycles. The Morgan fingerprint density at radius 2 is 1.50 bits per heavy atom. The fraction of sp³-hybridized carbons (Fsp3) is 0.947. The van der Waals surface area contributed by atoms with Crippen LogP contribution in [0.2, 0.25) is 0 Å². The first-order valence-electron chi connectivity index (χ1n) is 9.27. The Labute approximate surface area is 135 Å². The van der Waals surface area contributed by atoms with Gasteiger partial charge in [0.15, 0.2) is 0 Å². The molecule has 1 heterocycles. The van der Waals surface area contributed by atoms with Gasteiger partial charge in [-0.25, -0.2) is 0 Å². The molecule has 1 amide bonds. The van der Waals surface area contributed by atoms with Crippen molar-refractivity contribution in [2.75, 3.05) is 13.1 Å². The summed E-state index contributed by atoms with van der Waals surface area (Å²) in [4.78, 5) is 15.7. The van der Waals surface area contributed by atoms with E-state index in [4.69, 9.17) is 0 Å². The predicted molar refractivity (Wildman–Crippen MR) is 88.5 cm³/mol. The topological polar surface area (TPSA) is 32.3 Å². The third kappa shape index (κ3) is 2.23. The van der Waals surface area contributed by atoms with Gasteiger partial charge in [0, 0.05) is 25.2 Å². The van der Waals surface area contributed by atoms with Crippen LogP contribution in [0.25, 0.3) is 0 Å². The maximum absolute atomic E-state index is 13.5. The van der Waals surface area contributed by atoms with Crippen LogP contribution >= 0.6 is 0 Å². The third-order valence-corrected chi connectivity index (χ3v) is 6.92. The molecule has 4 bridgehead atoms. The Morgan fingerprint density at radius 1 is 0.955 bits per heavy atom. The van der Waals surface area contributed by atoms with E-state index in [1.165, 1.54) is 25.7 Å². The molecule has 3 heteroatoms. The van der Waals surface area contributed by atoms with Crippen molar-refractivity contribution in [3.63, 3.8) is 0 Å². The third-order valence-electron chi connectivity index (χ3n) is 6.92. The lowest BCUT2D eigenvalue weighted by Gasteiger charge is -2.65. The fourth-order valence-corrected chi connectivity index (χ4v) is 7.51. The first-order chi connectivity index (χ1) is 10.2. The van der Waals surface area contributed by atoms with Crippen molar-refractivity contribution >= 4 is 5.91 Å². The van der Waals surface area contributed by atoms with E-state index >= 15 is 0 Å². The Balaban J connectivity index is 1.62. The summed E-state index contributed by atoms with van der Waals surface area (Å²) in [6.07, 6.45) is 7.55. The van der Waals surface area contributed by atoms with E-state index < -0.39 is 0 Å². The molecule has 4 saturated carbocycles. The summed E-state index contributed by atoms with van der Waals surface area (Å²) in [5.74, 6) is 1.29. The Kier molecular flexibility index (Phi) is 3.06. The molecule has 5 fully saturated rings. The summed E-state index contributed by atoms with van der Waals surface area (Å²) in [5, 5.41) is 3.56. The van der Waals surface area contributed by atoms with E-state index in [1.54, 1.807) is 0 Å². The number of nitrogens with zero attached hydrogens (tertiary/aromatic N) is 1. The molecule has 3 nitrogen and oxygen atoms in total. The maximum atomic E-state index is 13.5. The van der Waals surface area contributed by atoms with Gasteiger partial charge in [-0.2, -0.15) is 0 Å². The minimum atomic E-state index is -0.0281. The first-order valence-corrected chi connectivity index (χ1v) is 9.27. The fourth-order valence-electron chi connectivity index (χ4n) is 7.51. The Morgan fingerprint density at radius 3 is 2.00 bits per heavy atom. The van der Waals surface area contributed by atoms with Crippen LogP contribution in [-0.4, -0.2) is 36.0 Å². The minimum absolute atomic E-state index is 0.0281. The van der Waals surface area contributed by atoms with Crippen LogP contribution in [-0.2, 0) is 4.79 Å². The predicted octanol–water partition coefficient (Wildman–Crippen LogP) is 3.19. The van der Waals surface area contributed by atoms with Gasteiger partial charge in [-0.3, -0.25) is 4.79 Å². The van der Waals surface area contributed by atoms with Crippen LogP contribution in [0.1, 0.15) is 66.2 Å². The maximum Gasteiger partial charge on any atom is 0.228 e. The molecule has 4 aliphatic carbocycles. The summed E-state index contributed by atoms with van der Waals surface area (Å²) in [7, 11) is 0. The molecule has 0 aromatic rings. The summed E-state index contributed by atoms with van der Waals surface area (Å²) >= 11 is 0. The van der Waals surface area contributed by atoms with E-state index in [-0.39, 0.29) is 5.41 Å². The van der Waals surface area contributed by atoms with E-state index in [1.807, 2.05) is 0 Å². The molecule has 22 heavy (non-hydrogen) atoms. The smallest absolute Gasteiger partial charge is 0.228 e. The van der Waals surface area contributed by atoms with Crippen molar-refractivity contribution in [1.82, 2.24) is 10.2 Å². The van der Waals surface area contributed by atoms with Crippen molar-refractivity contribution < 1.29 is 4.79 Å². The number of carbonyl (C=O) groups is 1. The van der Waals surface area contributed by atoms with Gasteiger partial charge >= 0.3 is 0 Å². The molecule has 5 rings (SSSR count). The average molecular weight is 304 g/mol. The van der Waals surface area contributed by atoms with Crippen LogP contribution in [0.4, 0.5) is 0 Å². The molecule has 5 aliphatic rings. The largest absolute Gasteiger partial charge is 0.339 e. The highest BCUT2D eigenvalue weighted by molar-refractivity contribution is 5.83. The first kappa shape index (κ1) is 15.0. The van der Waals surface area contributed by atoms with E-state index in [2.05, 4.69) is 37.9 Å². The minimum Gasteiger partial charge on any atom is -0.339 e. The van der Waals surface area contributed by atoms with E-state index in [0.717, 1.165) is 31.8 Å².